The smallest absolute Gasteiger partial charge is 0.238 e. The molecule has 1 aliphatic rings. The van der Waals surface area contributed by atoms with E-state index in [2.05, 4.69) is 15.0 Å². The van der Waals surface area contributed by atoms with Gasteiger partial charge in [0.05, 0.1) is 78.4 Å². The van der Waals surface area contributed by atoms with Gasteiger partial charge in [-0.1, -0.05) is 171 Å². The molecule has 6 nitrogen and oxygen atoms in total. The third-order valence-corrected chi connectivity index (χ3v) is 11.1. The zero-order valence-corrected chi connectivity index (χ0v) is 32.6. The molecular formula is C60H39N5O. The molecule has 0 radical (unpaired) electrons. The number of para-hydroxylation sites is 3. The predicted molar refractivity (Wildman–Crippen MR) is 270 cm³/mol. The average molecular weight is 885 g/mol. The lowest BCUT2D eigenvalue weighted by Gasteiger charge is -2.21. The molecule has 0 spiro atoms. The van der Waals surface area contributed by atoms with Gasteiger partial charge in [-0.05, 0) is 70.1 Å². The van der Waals surface area contributed by atoms with Crippen LogP contribution in [-0.2, 0) is 5.41 Å². The van der Waals surface area contributed by atoms with Gasteiger partial charge in [0.25, 0.3) is 0 Å². The van der Waals surface area contributed by atoms with Crippen molar-refractivity contribution >= 4 is 65.6 Å². The van der Waals surface area contributed by atoms with Crippen LogP contribution in [0.4, 0.5) is 0 Å². The summed E-state index contributed by atoms with van der Waals surface area (Å²) in [5.41, 5.74) is -17.6. The molecule has 14 rings (SSSR count). The van der Waals surface area contributed by atoms with Gasteiger partial charge in [-0.15, -0.1) is 0 Å². The summed E-state index contributed by atoms with van der Waals surface area (Å²) < 4.78 is 366. The molecule has 0 aliphatic heterocycles. The summed E-state index contributed by atoms with van der Waals surface area (Å²) in [6.45, 7) is -7.97. The van der Waals surface area contributed by atoms with E-state index >= 15 is 0 Å². The molecule has 0 amide bonds. The van der Waals surface area contributed by atoms with E-state index in [4.69, 9.17) is 35.9 Å². The Hall–Kier alpha value is -8.61. The van der Waals surface area contributed by atoms with E-state index in [1.807, 2.05) is 0 Å². The second-order valence-electron chi connectivity index (χ2n) is 14.6. The van der Waals surface area contributed by atoms with Crippen LogP contribution in [0.15, 0.2) is 204 Å². The maximum atomic E-state index is 10.6. The van der Waals surface area contributed by atoms with Gasteiger partial charge in [0, 0.05) is 57.3 Å². The van der Waals surface area contributed by atoms with Crippen LogP contribution in [0.3, 0.4) is 0 Å². The van der Waals surface area contributed by atoms with Crippen LogP contribution in [0.1, 0.15) is 78.3 Å². The quantitative estimate of drug-likeness (QED) is 0.173. The van der Waals surface area contributed by atoms with Crippen molar-refractivity contribution in [1.82, 2.24) is 24.1 Å². The van der Waals surface area contributed by atoms with E-state index in [0.717, 1.165) is 4.57 Å². The van der Waals surface area contributed by atoms with E-state index in [1.54, 1.807) is 0 Å². The number of furan rings is 1. The van der Waals surface area contributed by atoms with Crippen molar-refractivity contribution in [2.45, 2.75) is 19.1 Å². The molecule has 13 aromatic rings. The Kier molecular flexibility index (Phi) is 3.16. The minimum atomic E-state index is -3.99. The Morgan fingerprint density at radius 2 is 1.05 bits per heavy atom. The SMILES string of the molecule is [2H]c1c([2H])c([2H])c(-c2nc(-c3c([2H])c([2H])c([2H])c4c3-c3c([2H])c([2H])c([2H])c([2H])c3C4(C([2H])([2H])[2H])C([2H])([2H])[2H])nc(-n3c4c([2H])c([2H])c([2H])c([2H])c4c4c([2H])c5c(c([2H])c43)c3c([2H])c([2H])c([2H])c([2H])c3n5-c3c([2H])c([2H])c(-c4c([2H])c([2H])c([2H])c([2H])c4[2H])c4oc5c([2H])c([2H])c([2H])c([2H])c5c34)n2)c([2H])c1[2H]. The van der Waals surface area contributed by atoms with Gasteiger partial charge in [0.15, 0.2) is 11.6 Å². The summed E-state index contributed by atoms with van der Waals surface area (Å²) in [4.78, 5) is 13.5. The summed E-state index contributed by atoms with van der Waals surface area (Å²) >= 11 is 0. The first kappa shape index (κ1) is 15.3. The maximum Gasteiger partial charge on any atom is 0.238 e. The van der Waals surface area contributed by atoms with Crippen LogP contribution in [0.2, 0.25) is 0 Å². The van der Waals surface area contributed by atoms with Crippen LogP contribution in [0.5, 0.6) is 0 Å². The second kappa shape index (κ2) is 13.7. The fraction of sp³-hybridized carbons (Fsp3) is 0.0500. The van der Waals surface area contributed by atoms with Gasteiger partial charge in [-0.2, -0.15) is 9.97 Å². The number of fused-ring (bicyclic) bond motifs is 12. The Morgan fingerprint density at radius 1 is 0.455 bits per heavy atom. The fourth-order valence-corrected chi connectivity index (χ4v) is 8.38. The second-order valence-corrected chi connectivity index (χ2v) is 14.6. The Morgan fingerprint density at radius 3 is 1.80 bits per heavy atom. The number of hydrogen-bond donors (Lipinski definition) is 0. The Bertz CT molecular complexity index is 6290. The van der Waals surface area contributed by atoms with Crippen molar-refractivity contribution in [2.75, 3.05) is 0 Å². The zero-order chi connectivity index (χ0) is 77.4. The van der Waals surface area contributed by atoms with Crippen LogP contribution in [0, 0.1) is 0 Å². The van der Waals surface area contributed by atoms with Crippen molar-refractivity contribution in [1.29, 1.82) is 0 Å². The molecule has 310 valence electrons. The monoisotopic (exact) mass is 885 g/mol. The standard InChI is InChI=1S/C60H39N5O/c1-60(2)46-27-13-9-24-41(46)54-43(26-17-28-47(54)60)58-61-57(37-20-7-4-8-21-37)62-59(63-58)65-49-30-15-11-23-40(49)45-34-51-44(35-52(45)65)39-22-10-14-29-48(39)64(51)50-33-32-38(36-18-5-3-6-19-36)56-55(50)42-25-12-16-31-53(42)66-56/h3-35H,1-2H3/i1D3,2D3,3D,4D,5D,6D,7D,8D,9D,10D,11D,12D,13D,14D,15D,16D,17D,18D,19D,20D,21D,22D,23D,24D,25D,26D,27D,28D,29D,30D,31D,32D,33D,34D,35D. The first-order chi connectivity index (χ1) is 48.7. The lowest BCUT2D eigenvalue weighted by Crippen LogP contribution is -2.14. The number of nitrogens with zero attached hydrogens (tertiary/aromatic N) is 5. The Labute approximate surface area is 434 Å². The van der Waals surface area contributed by atoms with Crippen LogP contribution in [0.25, 0.3) is 122 Å². The fourth-order valence-electron chi connectivity index (χ4n) is 8.38. The number of benzene rings is 9. The van der Waals surface area contributed by atoms with E-state index in [9.17, 15) is 21.9 Å². The molecule has 0 unspecified atom stereocenters. The summed E-state index contributed by atoms with van der Waals surface area (Å²) in [5.74, 6) is -3.46. The molecule has 0 atom stereocenters. The third-order valence-electron chi connectivity index (χ3n) is 11.1. The zero-order valence-electron chi connectivity index (χ0n) is 71.6. The topological polar surface area (TPSA) is 61.7 Å². The number of rotatable bonds is 5. The highest BCUT2D eigenvalue weighted by atomic mass is 16.3. The van der Waals surface area contributed by atoms with Crippen molar-refractivity contribution in [3.8, 4) is 56.7 Å². The molecule has 6 heteroatoms. The van der Waals surface area contributed by atoms with Gasteiger partial charge in [-0.3, -0.25) is 4.57 Å². The average Bonchev–Trinajstić information content (AvgIpc) is 1.52. The number of aromatic nitrogens is 5. The molecule has 4 heterocycles. The molecule has 0 N–H and O–H groups in total. The molecular weight excluding hydrogens is 807 g/mol. The van der Waals surface area contributed by atoms with Gasteiger partial charge >= 0.3 is 0 Å². The molecule has 0 saturated heterocycles. The van der Waals surface area contributed by atoms with Gasteiger partial charge < -0.3 is 8.98 Å². The van der Waals surface area contributed by atoms with Gasteiger partial charge in [0.1, 0.15) is 11.2 Å². The summed E-state index contributed by atoms with van der Waals surface area (Å²) in [6.07, 6.45) is 0. The molecule has 0 bridgehead atoms. The molecule has 9 aromatic carbocycles. The van der Waals surface area contributed by atoms with E-state index in [0.29, 0.717) is 4.57 Å². The predicted octanol–water partition coefficient (Wildman–Crippen LogP) is 15.3. The van der Waals surface area contributed by atoms with Crippen molar-refractivity contribution in [3.05, 3.63) is 211 Å². The lowest BCUT2D eigenvalue weighted by molar-refractivity contribution is 0.660. The summed E-state index contributed by atoms with van der Waals surface area (Å²) in [6, 6.07) is -35.8. The van der Waals surface area contributed by atoms with Crippen molar-refractivity contribution < 1.29 is 57.9 Å². The van der Waals surface area contributed by atoms with Crippen molar-refractivity contribution in [2.24, 2.45) is 0 Å². The van der Waals surface area contributed by atoms with Gasteiger partial charge in [-0.25, -0.2) is 4.98 Å². The minimum Gasteiger partial charge on any atom is -0.455 e. The first-order valence-electron chi connectivity index (χ1n) is 38.8. The molecule has 0 saturated carbocycles. The highest BCUT2D eigenvalue weighted by Gasteiger charge is 2.37. The highest BCUT2D eigenvalue weighted by Crippen LogP contribution is 2.52. The van der Waals surface area contributed by atoms with E-state index < -0.39 is 352 Å². The normalized spacial score (nSPS) is 21.8. The highest BCUT2D eigenvalue weighted by molar-refractivity contribution is 6.21. The van der Waals surface area contributed by atoms with Crippen LogP contribution < -0.4 is 0 Å². The van der Waals surface area contributed by atoms with E-state index in [1.165, 1.54) is 0 Å². The molecule has 66 heavy (non-hydrogen) atoms. The van der Waals surface area contributed by atoms with Crippen LogP contribution >= 0.6 is 0 Å². The largest absolute Gasteiger partial charge is 0.455 e. The lowest BCUT2D eigenvalue weighted by atomic mass is 9.82. The molecule has 0 fully saturated rings. The Balaban J connectivity index is 1.25. The van der Waals surface area contributed by atoms with Gasteiger partial charge in [0.2, 0.25) is 5.95 Å². The minimum absolute atomic E-state index is 0.603. The maximum absolute atomic E-state index is 10.6. The van der Waals surface area contributed by atoms with Crippen molar-refractivity contribution in [3.63, 3.8) is 0 Å². The van der Waals surface area contributed by atoms with E-state index in [-0.39, 0.29) is 0 Å². The molecule has 4 aromatic heterocycles. The first-order valence-corrected chi connectivity index (χ1v) is 19.3. The number of hydrogen-bond acceptors (Lipinski definition) is 4. The summed E-state index contributed by atoms with van der Waals surface area (Å²) in [7, 11) is 0. The van der Waals surface area contributed by atoms with Crippen LogP contribution in [-0.4, -0.2) is 24.1 Å². The third kappa shape index (κ3) is 5.15. The summed E-state index contributed by atoms with van der Waals surface area (Å²) in [5, 5.41) is -4.56. The molecule has 1 aliphatic carbocycles.